The molecule has 1 fully saturated rings. The first kappa shape index (κ1) is 17.3. The van der Waals surface area contributed by atoms with Gasteiger partial charge in [0.2, 0.25) is 0 Å². The number of anilines is 1. The Balaban J connectivity index is 1.43. The monoisotopic (exact) mass is 367 g/mol. The minimum atomic E-state index is -0.388. The number of benzene rings is 2. The maximum atomic E-state index is 13.3. The van der Waals surface area contributed by atoms with Crippen molar-refractivity contribution in [1.29, 1.82) is 0 Å². The lowest BCUT2D eigenvalue weighted by Crippen LogP contribution is -2.33. The molecule has 27 heavy (non-hydrogen) atoms. The van der Waals surface area contributed by atoms with Crippen molar-refractivity contribution in [2.45, 2.75) is 6.10 Å². The summed E-state index contributed by atoms with van der Waals surface area (Å²) < 4.78 is 20.4. The highest BCUT2D eigenvalue weighted by Crippen LogP contribution is 2.21. The molecule has 7 nitrogen and oxygen atoms in total. The maximum Gasteiger partial charge on any atom is 0.277 e. The number of carbonyl (C=O) groups is 1. The number of carbonyl (C=O) groups excluding carboxylic acids is 1. The maximum absolute atomic E-state index is 13.3. The summed E-state index contributed by atoms with van der Waals surface area (Å²) in [5, 5.41) is 13.8. The van der Waals surface area contributed by atoms with Gasteiger partial charge in [-0.25, -0.2) is 9.07 Å². The van der Waals surface area contributed by atoms with E-state index in [4.69, 9.17) is 4.74 Å². The highest BCUT2D eigenvalue weighted by Gasteiger charge is 2.16. The summed E-state index contributed by atoms with van der Waals surface area (Å²) in [7, 11) is 0. The summed E-state index contributed by atoms with van der Waals surface area (Å²) >= 11 is 0. The molecule has 1 aliphatic rings. The second kappa shape index (κ2) is 7.65. The summed E-state index contributed by atoms with van der Waals surface area (Å²) in [4.78, 5) is 12.4. The fourth-order valence-electron chi connectivity index (χ4n) is 2.87. The summed E-state index contributed by atoms with van der Waals surface area (Å²) in [5.74, 6) is -0.771. The van der Waals surface area contributed by atoms with Gasteiger partial charge >= 0.3 is 0 Å². The van der Waals surface area contributed by atoms with Crippen LogP contribution < -0.4 is 10.6 Å². The molecule has 1 aromatic heterocycles. The molecule has 0 saturated carbocycles. The molecule has 0 bridgehead atoms. The fraction of sp³-hybridized carbons (Fsp3) is 0.211. The van der Waals surface area contributed by atoms with Crippen LogP contribution in [0.15, 0.2) is 54.7 Å². The molecule has 0 aliphatic carbocycles. The van der Waals surface area contributed by atoms with Crippen LogP contribution in [-0.2, 0) is 4.74 Å². The van der Waals surface area contributed by atoms with Gasteiger partial charge in [0.25, 0.3) is 5.91 Å². The highest BCUT2D eigenvalue weighted by molar-refractivity contribution is 6.02. The second-order valence-electron chi connectivity index (χ2n) is 6.17. The number of amides is 1. The van der Waals surface area contributed by atoms with Crippen molar-refractivity contribution in [3.05, 3.63) is 71.8 Å². The Hall–Kier alpha value is -3.10. The van der Waals surface area contributed by atoms with Gasteiger partial charge in [-0.1, -0.05) is 23.4 Å². The third kappa shape index (κ3) is 4.02. The molecule has 4 rings (SSSR count). The summed E-state index contributed by atoms with van der Waals surface area (Å²) in [6.07, 6.45) is 1.48. The molecule has 2 aromatic carbocycles. The van der Waals surface area contributed by atoms with E-state index in [-0.39, 0.29) is 23.5 Å². The number of ether oxygens (including phenoxy) is 1. The van der Waals surface area contributed by atoms with Gasteiger partial charge in [-0.15, -0.1) is 5.10 Å². The van der Waals surface area contributed by atoms with Crippen LogP contribution in [0.1, 0.15) is 22.2 Å². The zero-order valence-electron chi connectivity index (χ0n) is 14.4. The van der Waals surface area contributed by atoms with E-state index >= 15 is 0 Å². The van der Waals surface area contributed by atoms with Crippen LogP contribution in [0.5, 0.6) is 0 Å². The van der Waals surface area contributed by atoms with Gasteiger partial charge in [0.1, 0.15) is 5.82 Å². The van der Waals surface area contributed by atoms with E-state index in [1.54, 1.807) is 12.1 Å². The number of nitrogens with zero attached hydrogens (tertiary/aromatic N) is 3. The number of hydrogen-bond donors (Lipinski definition) is 2. The Morgan fingerprint density at radius 2 is 2.11 bits per heavy atom. The van der Waals surface area contributed by atoms with Crippen LogP contribution in [0.25, 0.3) is 5.69 Å². The smallest absolute Gasteiger partial charge is 0.277 e. The van der Waals surface area contributed by atoms with Crippen molar-refractivity contribution < 1.29 is 13.9 Å². The van der Waals surface area contributed by atoms with E-state index in [0.29, 0.717) is 18.0 Å². The van der Waals surface area contributed by atoms with Crippen molar-refractivity contribution in [2.75, 3.05) is 25.0 Å². The lowest BCUT2D eigenvalue weighted by Gasteiger charge is -2.24. The molecule has 1 atom stereocenters. The number of morpholine rings is 1. The Morgan fingerprint density at radius 3 is 2.85 bits per heavy atom. The largest absolute Gasteiger partial charge is 0.371 e. The molecule has 2 heterocycles. The van der Waals surface area contributed by atoms with Crippen molar-refractivity contribution in [1.82, 2.24) is 20.3 Å². The molecule has 1 saturated heterocycles. The average Bonchev–Trinajstić information content (AvgIpc) is 3.20. The second-order valence-corrected chi connectivity index (χ2v) is 6.17. The number of hydrogen-bond acceptors (Lipinski definition) is 5. The molecule has 0 unspecified atom stereocenters. The van der Waals surface area contributed by atoms with Crippen LogP contribution in [0.2, 0.25) is 0 Å². The Morgan fingerprint density at radius 1 is 1.26 bits per heavy atom. The Labute approximate surface area is 155 Å². The van der Waals surface area contributed by atoms with Gasteiger partial charge in [0.15, 0.2) is 5.69 Å². The minimum Gasteiger partial charge on any atom is -0.371 e. The van der Waals surface area contributed by atoms with Crippen molar-refractivity contribution in [3.63, 3.8) is 0 Å². The number of aromatic nitrogens is 3. The first-order valence-electron chi connectivity index (χ1n) is 8.61. The predicted molar refractivity (Wildman–Crippen MR) is 97.3 cm³/mol. The lowest BCUT2D eigenvalue weighted by atomic mass is 10.1. The van der Waals surface area contributed by atoms with E-state index in [1.165, 1.54) is 23.0 Å². The average molecular weight is 367 g/mol. The zero-order valence-corrected chi connectivity index (χ0v) is 14.4. The summed E-state index contributed by atoms with van der Waals surface area (Å²) in [5.41, 5.74) is 2.33. The van der Waals surface area contributed by atoms with Gasteiger partial charge in [0, 0.05) is 18.8 Å². The van der Waals surface area contributed by atoms with E-state index in [2.05, 4.69) is 20.9 Å². The van der Waals surface area contributed by atoms with Crippen LogP contribution >= 0.6 is 0 Å². The first-order valence-corrected chi connectivity index (χ1v) is 8.61. The standard InChI is InChI=1S/C19H18FN5O2/c20-14-2-1-3-16(10-14)25-12-17(23-24-25)19(26)22-15-6-4-13(5-7-15)18-11-21-8-9-27-18/h1-7,10,12,18,21H,8-9,11H2,(H,22,26)/t18-/m1/s1. The third-order valence-electron chi connectivity index (χ3n) is 4.27. The fourth-order valence-corrected chi connectivity index (χ4v) is 2.87. The van der Waals surface area contributed by atoms with Crippen LogP contribution in [0.3, 0.4) is 0 Å². The molecule has 8 heteroatoms. The summed E-state index contributed by atoms with van der Waals surface area (Å²) in [6, 6.07) is 13.4. The van der Waals surface area contributed by atoms with E-state index in [0.717, 1.165) is 18.7 Å². The van der Waals surface area contributed by atoms with Crippen molar-refractivity contribution >= 4 is 11.6 Å². The molecule has 1 amide bonds. The zero-order chi connectivity index (χ0) is 18.6. The van der Waals surface area contributed by atoms with Gasteiger partial charge in [-0.2, -0.15) is 0 Å². The van der Waals surface area contributed by atoms with Gasteiger partial charge in [-0.3, -0.25) is 4.79 Å². The molecule has 2 N–H and O–H groups in total. The predicted octanol–water partition coefficient (Wildman–Crippen LogP) is 2.32. The van der Waals surface area contributed by atoms with Crippen LogP contribution in [0, 0.1) is 5.82 Å². The summed E-state index contributed by atoms with van der Waals surface area (Å²) in [6.45, 7) is 2.32. The number of halogens is 1. The van der Waals surface area contributed by atoms with E-state index in [9.17, 15) is 9.18 Å². The molecule has 138 valence electrons. The minimum absolute atomic E-state index is 0.0228. The third-order valence-corrected chi connectivity index (χ3v) is 4.27. The van der Waals surface area contributed by atoms with Crippen molar-refractivity contribution in [2.24, 2.45) is 0 Å². The quantitative estimate of drug-likeness (QED) is 0.740. The SMILES string of the molecule is O=C(Nc1ccc([C@H]2CNCCO2)cc1)c1cn(-c2cccc(F)c2)nn1. The number of nitrogens with one attached hydrogen (secondary N) is 2. The van der Waals surface area contributed by atoms with Gasteiger partial charge in [-0.05, 0) is 35.9 Å². The number of rotatable bonds is 4. The highest BCUT2D eigenvalue weighted by atomic mass is 19.1. The van der Waals surface area contributed by atoms with E-state index < -0.39 is 0 Å². The molecule has 0 radical (unpaired) electrons. The molecular weight excluding hydrogens is 349 g/mol. The normalized spacial score (nSPS) is 16.9. The topological polar surface area (TPSA) is 81.1 Å². The molecular formula is C19H18FN5O2. The lowest BCUT2D eigenvalue weighted by molar-refractivity contribution is 0.0277. The van der Waals surface area contributed by atoms with E-state index in [1.807, 2.05) is 24.3 Å². The first-order chi connectivity index (χ1) is 13.2. The van der Waals surface area contributed by atoms with Gasteiger partial charge in [0.05, 0.1) is 24.6 Å². The van der Waals surface area contributed by atoms with Crippen molar-refractivity contribution in [3.8, 4) is 5.69 Å². The van der Waals surface area contributed by atoms with Crippen LogP contribution in [0.4, 0.5) is 10.1 Å². The molecule has 1 aliphatic heterocycles. The Kier molecular flexibility index (Phi) is 4.91. The Bertz CT molecular complexity index is 935. The molecule has 0 spiro atoms. The molecule has 3 aromatic rings. The van der Waals surface area contributed by atoms with Gasteiger partial charge < -0.3 is 15.4 Å². The van der Waals surface area contributed by atoms with Crippen LogP contribution in [-0.4, -0.2) is 40.6 Å².